The molecule has 0 aliphatic carbocycles. The second kappa shape index (κ2) is 7.46. The van der Waals surface area contributed by atoms with Gasteiger partial charge < -0.3 is 11.1 Å². The number of carbonyl (C=O) groups excluding carboxylic acids is 1. The Hall–Kier alpha value is -1.13. The molecule has 1 amide bonds. The topological polar surface area (TPSA) is 55.1 Å². The number of halogens is 2. The molecule has 106 valence electrons. The summed E-state index contributed by atoms with van der Waals surface area (Å²) in [4.78, 5) is 11.9. The van der Waals surface area contributed by atoms with Crippen molar-refractivity contribution in [3.05, 3.63) is 29.0 Å². The van der Waals surface area contributed by atoms with Crippen LogP contribution in [0.25, 0.3) is 0 Å². The van der Waals surface area contributed by atoms with Crippen LogP contribution in [0.2, 0.25) is 5.02 Å². The van der Waals surface area contributed by atoms with E-state index in [4.69, 9.17) is 17.3 Å². The number of amides is 1. The number of carbonyl (C=O) groups is 1. The highest BCUT2D eigenvalue weighted by Crippen LogP contribution is 2.21. The lowest BCUT2D eigenvalue weighted by Crippen LogP contribution is -2.23. The molecule has 1 rings (SSSR count). The number of benzene rings is 1. The van der Waals surface area contributed by atoms with Gasteiger partial charge in [0.25, 0.3) is 0 Å². The summed E-state index contributed by atoms with van der Waals surface area (Å²) in [6, 6.07) is 4.06. The summed E-state index contributed by atoms with van der Waals surface area (Å²) in [5, 5.41) is 2.92. The SMILES string of the molecule is CC(C)CC(CN)CC(=O)Nc1cc(Cl)ccc1F. The molecule has 0 spiro atoms. The maximum atomic E-state index is 13.5. The summed E-state index contributed by atoms with van der Waals surface area (Å²) < 4.78 is 13.5. The summed E-state index contributed by atoms with van der Waals surface area (Å²) in [7, 11) is 0. The van der Waals surface area contributed by atoms with Gasteiger partial charge in [0.2, 0.25) is 5.91 Å². The average Bonchev–Trinajstić information content (AvgIpc) is 2.32. The first-order valence-corrected chi connectivity index (χ1v) is 6.75. The quantitative estimate of drug-likeness (QED) is 0.842. The molecule has 0 fully saturated rings. The zero-order valence-corrected chi connectivity index (χ0v) is 12.0. The molecule has 0 radical (unpaired) electrons. The predicted molar refractivity (Wildman–Crippen MR) is 76.7 cm³/mol. The summed E-state index contributed by atoms with van der Waals surface area (Å²) in [5.41, 5.74) is 5.75. The van der Waals surface area contributed by atoms with Gasteiger partial charge in [-0.1, -0.05) is 25.4 Å². The normalized spacial score (nSPS) is 12.5. The fraction of sp³-hybridized carbons (Fsp3) is 0.500. The van der Waals surface area contributed by atoms with E-state index in [1.165, 1.54) is 18.2 Å². The molecule has 3 nitrogen and oxygen atoms in total. The first kappa shape index (κ1) is 15.9. The van der Waals surface area contributed by atoms with Crippen molar-refractivity contribution in [3.63, 3.8) is 0 Å². The van der Waals surface area contributed by atoms with Gasteiger partial charge in [-0.2, -0.15) is 0 Å². The van der Waals surface area contributed by atoms with E-state index < -0.39 is 5.82 Å². The Bertz CT molecular complexity index is 437. The molecule has 0 saturated heterocycles. The molecule has 0 aromatic heterocycles. The van der Waals surface area contributed by atoms with E-state index in [9.17, 15) is 9.18 Å². The average molecular weight is 287 g/mol. The minimum absolute atomic E-state index is 0.109. The maximum absolute atomic E-state index is 13.5. The Labute approximate surface area is 118 Å². The van der Waals surface area contributed by atoms with E-state index in [0.29, 0.717) is 23.9 Å². The van der Waals surface area contributed by atoms with Crippen molar-refractivity contribution in [2.24, 2.45) is 17.6 Å². The van der Waals surface area contributed by atoms with Gasteiger partial charge >= 0.3 is 0 Å². The molecule has 1 aromatic rings. The van der Waals surface area contributed by atoms with Gasteiger partial charge in [-0.15, -0.1) is 0 Å². The van der Waals surface area contributed by atoms with Gasteiger partial charge in [0.1, 0.15) is 5.82 Å². The molecular formula is C14H20ClFN2O. The zero-order chi connectivity index (χ0) is 14.4. The van der Waals surface area contributed by atoms with Gasteiger partial charge in [-0.3, -0.25) is 4.79 Å². The van der Waals surface area contributed by atoms with Gasteiger partial charge in [0, 0.05) is 11.4 Å². The largest absolute Gasteiger partial charge is 0.330 e. The smallest absolute Gasteiger partial charge is 0.224 e. The van der Waals surface area contributed by atoms with Crippen LogP contribution in [0.1, 0.15) is 26.7 Å². The summed E-state index contributed by atoms with van der Waals surface area (Å²) in [5.74, 6) is -0.144. The molecule has 0 aliphatic rings. The van der Waals surface area contributed by atoms with Gasteiger partial charge in [-0.05, 0) is 43.0 Å². The predicted octanol–water partition coefficient (Wildman–Crippen LogP) is 3.43. The lowest BCUT2D eigenvalue weighted by molar-refractivity contribution is -0.117. The standard InChI is InChI=1S/C14H20ClFN2O/c1-9(2)5-10(8-17)6-14(19)18-13-7-11(15)3-4-12(13)16/h3-4,7,9-10H,5-6,8,17H2,1-2H3,(H,18,19). The molecule has 19 heavy (non-hydrogen) atoms. The van der Waals surface area contributed by atoms with Gasteiger partial charge in [-0.25, -0.2) is 4.39 Å². The van der Waals surface area contributed by atoms with E-state index >= 15 is 0 Å². The van der Waals surface area contributed by atoms with Crippen molar-refractivity contribution in [1.29, 1.82) is 0 Å². The van der Waals surface area contributed by atoms with Crippen molar-refractivity contribution >= 4 is 23.2 Å². The molecule has 1 atom stereocenters. The fourth-order valence-corrected chi connectivity index (χ4v) is 2.16. The highest BCUT2D eigenvalue weighted by Gasteiger charge is 2.15. The van der Waals surface area contributed by atoms with Crippen LogP contribution >= 0.6 is 11.6 Å². The van der Waals surface area contributed by atoms with Crippen molar-refractivity contribution in [1.82, 2.24) is 0 Å². The fourth-order valence-electron chi connectivity index (χ4n) is 1.99. The number of nitrogens with two attached hydrogens (primary N) is 1. The second-order valence-electron chi connectivity index (χ2n) is 5.11. The number of rotatable bonds is 6. The molecule has 3 N–H and O–H groups in total. The van der Waals surface area contributed by atoms with Crippen LogP contribution in [0, 0.1) is 17.7 Å². The monoisotopic (exact) mass is 286 g/mol. The van der Waals surface area contributed by atoms with Crippen molar-refractivity contribution in [2.75, 3.05) is 11.9 Å². The minimum atomic E-state index is -0.495. The van der Waals surface area contributed by atoms with Crippen LogP contribution < -0.4 is 11.1 Å². The summed E-state index contributed by atoms with van der Waals surface area (Å²) >= 11 is 5.76. The lowest BCUT2D eigenvalue weighted by Gasteiger charge is -2.16. The molecule has 0 aliphatic heterocycles. The van der Waals surface area contributed by atoms with Crippen LogP contribution in [-0.2, 0) is 4.79 Å². The van der Waals surface area contributed by atoms with Crippen molar-refractivity contribution in [2.45, 2.75) is 26.7 Å². The molecular weight excluding hydrogens is 267 g/mol. The summed E-state index contributed by atoms with van der Waals surface area (Å²) in [6.07, 6.45) is 1.17. The number of anilines is 1. The maximum Gasteiger partial charge on any atom is 0.224 e. The Kier molecular flexibility index (Phi) is 6.25. The van der Waals surface area contributed by atoms with Crippen LogP contribution in [0.5, 0.6) is 0 Å². The van der Waals surface area contributed by atoms with Gasteiger partial charge in [0.15, 0.2) is 0 Å². The second-order valence-corrected chi connectivity index (χ2v) is 5.54. The third kappa shape index (κ3) is 5.57. The number of hydrogen-bond donors (Lipinski definition) is 2. The van der Waals surface area contributed by atoms with Crippen molar-refractivity contribution < 1.29 is 9.18 Å². The number of nitrogens with one attached hydrogen (secondary N) is 1. The molecule has 0 bridgehead atoms. The molecule has 1 aromatic carbocycles. The van der Waals surface area contributed by atoms with Gasteiger partial charge in [0.05, 0.1) is 5.69 Å². The molecule has 1 unspecified atom stereocenters. The Morgan fingerprint density at radius 1 is 1.47 bits per heavy atom. The van der Waals surface area contributed by atoms with E-state index in [0.717, 1.165) is 6.42 Å². The molecule has 0 saturated carbocycles. The number of hydrogen-bond acceptors (Lipinski definition) is 2. The first-order valence-electron chi connectivity index (χ1n) is 6.37. The Morgan fingerprint density at radius 2 is 2.16 bits per heavy atom. The van der Waals surface area contributed by atoms with Crippen LogP contribution in [0.15, 0.2) is 18.2 Å². The summed E-state index contributed by atoms with van der Waals surface area (Å²) in [6.45, 7) is 4.61. The first-order chi connectivity index (χ1) is 8.92. The third-order valence-electron chi connectivity index (χ3n) is 2.81. The minimum Gasteiger partial charge on any atom is -0.330 e. The van der Waals surface area contributed by atoms with Crippen LogP contribution in [0.3, 0.4) is 0 Å². The highest BCUT2D eigenvalue weighted by molar-refractivity contribution is 6.30. The Morgan fingerprint density at radius 3 is 2.74 bits per heavy atom. The molecule has 0 heterocycles. The van der Waals surface area contributed by atoms with E-state index in [1.807, 2.05) is 0 Å². The zero-order valence-electron chi connectivity index (χ0n) is 11.2. The van der Waals surface area contributed by atoms with Crippen LogP contribution in [0.4, 0.5) is 10.1 Å². The van der Waals surface area contributed by atoms with E-state index in [-0.39, 0.29) is 17.5 Å². The van der Waals surface area contributed by atoms with E-state index in [2.05, 4.69) is 19.2 Å². The molecule has 5 heteroatoms. The van der Waals surface area contributed by atoms with E-state index in [1.54, 1.807) is 0 Å². The third-order valence-corrected chi connectivity index (χ3v) is 3.05. The lowest BCUT2D eigenvalue weighted by atomic mass is 9.94. The van der Waals surface area contributed by atoms with Crippen molar-refractivity contribution in [3.8, 4) is 0 Å². The Balaban J connectivity index is 2.61. The highest BCUT2D eigenvalue weighted by atomic mass is 35.5. The van der Waals surface area contributed by atoms with Crippen LogP contribution in [-0.4, -0.2) is 12.5 Å².